The molecule has 0 aliphatic rings. The van der Waals surface area contributed by atoms with Crippen LogP contribution >= 0.6 is 0 Å². The van der Waals surface area contributed by atoms with E-state index in [1.807, 2.05) is 38.1 Å². The molecule has 2 unspecified atom stereocenters. The van der Waals surface area contributed by atoms with E-state index in [9.17, 15) is 4.79 Å². The highest BCUT2D eigenvalue weighted by Gasteiger charge is 2.20. The van der Waals surface area contributed by atoms with Gasteiger partial charge in [-0.25, -0.2) is 4.79 Å². The van der Waals surface area contributed by atoms with Crippen LogP contribution in [0.1, 0.15) is 45.2 Å². The zero-order valence-corrected chi connectivity index (χ0v) is 11.9. The minimum absolute atomic E-state index is 0.0595. The van der Waals surface area contributed by atoms with Crippen LogP contribution in [0.2, 0.25) is 0 Å². The highest BCUT2D eigenvalue weighted by Crippen LogP contribution is 2.20. The molecule has 0 radical (unpaired) electrons. The second-order valence-corrected chi connectivity index (χ2v) is 4.51. The number of hydrogen-bond donors (Lipinski definition) is 1. The first-order valence-electron chi connectivity index (χ1n) is 6.77. The predicted octanol–water partition coefficient (Wildman–Crippen LogP) is 2.82. The summed E-state index contributed by atoms with van der Waals surface area (Å²) < 4.78 is 10.7. The lowest BCUT2D eigenvalue weighted by Crippen LogP contribution is -2.29. The van der Waals surface area contributed by atoms with Gasteiger partial charge in [0.2, 0.25) is 0 Å². The van der Waals surface area contributed by atoms with Crippen LogP contribution in [0.25, 0.3) is 0 Å². The molecule has 19 heavy (non-hydrogen) atoms. The van der Waals surface area contributed by atoms with E-state index in [4.69, 9.17) is 15.2 Å². The summed E-state index contributed by atoms with van der Waals surface area (Å²) in [5.41, 5.74) is 6.82. The summed E-state index contributed by atoms with van der Waals surface area (Å²) in [5, 5.41) is 0. The lowest BCUT2D eigenvalue weighted by Gasteiger charge is -2.18. The third-order valence-electron chi connectivity index (χ3n) is 2.76. The minimum atomic E-state index is -0.548. The van der Waals surface area contributed by atoms with Crippen molar-refractivity contribution in [3.8, 4) is 5.75 Å². The van der Waals surface area contributed by atoms with Crippen molar-refractivity contribution >= 4 is 5.97 Å². The Morgan fingerprint density at radius 1 is 1.37 bits per heavy atom. The Bertz CT molecular complexity index is 404. The van der Waals surface area contributed by atoms with Crippen molar-refractivity contribution < 1.29 is 14.3 Å². The van der Waals surface area contributed by atoms with E-state index in [0.717, 1.165) is 12.0 Å². The van der Waals surface area contributed by atoms with Crippen LogP contribution < -0.4 is 10.5 Å². The van der Waals surface area contributed by atoms with Gasteiger partial charge in [-0.15, -0.1) is 0 Å². The summed E-state index contributed by atoms with van der Waals surface area (Å²) >= 11 is 0. The number of carbonyl (C=O) groups is 1. The maximum absolute atomic E-state index is 11.8. The number of nitrogens with two attached hydrogens (primary N) is 1. The zero-order chi connectivity index (χ0) is 14.3. The van der Waals surface area contributed by atoms with Crippen LogP contribution in [0.15, 0.2) is 24.3 Å². The van der Waals surface area contributed by atoms with Crippen molar-refractivity contribution in [2.45, 2.75) is 45.8 Å². The van der Waals surface area contributed by atoms with Gasteiger partial charge in [-0.2, -0.15) is 0 Å². The molecule has 1 rings (SSSR count). The molecule has 0 saturated heterocycles. The summed E-state index contributed by atoms with van der Waals surface area (Å²) in [5.74, 6) is 0.344. The van der Waals surface area contributed by atoms with E-state index in [-0.39, 0.29) is 12.0 Å². The van der Waals surface area contributed by atoms with Gasteiger partial charge in [-0.3, -0.25) is 0 Å². The van der Waals surface area contributed by atoms with Crippen LogP contribution in [0, 0.1) is 0 Å². The molecule has 0 aromatic heterocycles. The first kappa shape index (κ1) is 15.5. The summed E-state index contributed by atoms with van der Waals surface area (Å²) in [6.07, 6.45) is 0.950. The van der Waals surface area contributed by atoms with Gasteiger partial charge in [0, 0.05) is 6.04 Å². The van der Waals surface area contributed by atoms with Crippen LogP contribution in [0.3, 0.4) is 0 Å². The van der Waals surface area contributed by atoms with Crippen molar-refractivity contribution in [3.63, 3.8) is 0 Å². The molecule has 0 spiro atoms. The van der Waals surface area contributed by atoms with E-state index in [1.165, 1.54) is 0 Å². The smallest absolute Gasteiger partial charge is 0.347 e. The highest BCUT2D eigenvalue weighted by molar-refractivity contribution is 5.75. The molecular weight excluding hydrogens is 242 g/mol. The third-order valence-corrected chi connectivity index (χ3v) is 2.76. The number of hydrogen-bond acceptors (Lipinski definition) is 4. The molecule has 0 saturated carbocycles. The fourth-order valence-electron chi connectivity index (χ4n) is 1.76. The van der Waals surface area contributed by atoms with Gasteiger partial charge in [0.05, 0.1) is 6.61 Å². The largest absolute Gasteiger partial charge is 0.479 e. The average Bonchev–Trinajstić information content (AvgIpc) is 2.39. The predicted molar refractivity (Wildman–Crippen MR) is 75.0 cm³/mol. The number of rotatable bonds is 7. The summed E-state index contributed by atoms with van der Waals surface area (Å²) in [4.78, 5) is 11.8. The first-order chi connectivity index (χ1) is 9.08. The molecule has 106 valence electrons. The average molecular weight is 265 g/mol. The second-order valence-electron chi connectivity index (χ2n) is 4.51. The third kappa shape index (κ3) is 4.91. The van der Waals surface area contributed by atoms with E-state index in [2.05, 4.69) is 0 Å². The Hall–Kier alpha value is -1.55. The zero-order valence-electron chi connectivity index (χ0n) is 11.9. The van der Waals surface area contributed by atoms with Crippen LogP contribution in [0.4, 0.5) is 0 Å². The van der Waals surface area contributed by atoms with E-state index >= 15 is 0 Å². The fourth-order valence-corrected chi connectivity index (χ4v) is 1.76. The van der Waals surface area contributed by atoms with Crippen LogP contribution in [-0.4, -0.2) is 18.7 Å². The number of carbonyl (C=O) groups excluding carboxylic acids is 1. The lowest BCUT2D eigenvalue weighted by atomic mass is 10.1. The van der Waals surface area contributed by atoms with E-state index in [0.29, 0.717) is 18.8 Å². The Morgan fingerprint density at radius 3 is 2.68 bits per heavy atom. The normalized spacial score (nSPS) is 13.7. The summed E-state index contributed by atoms with van der Waals surface area (Å²) in [6.45, 7) is 6.07. The molecule has 1 aromatic carbocycles. The minimum Gasteiger partial charge on any atom is -0.479 e. The molecule has 2 atom stereocenters. The highest BCUT2D eigenvalue weighted by atomic mass is 16.6. The Morgan fingerprint density at radius 2 is 2.11 bits per heavy atom. The number of esters is 1. The maximum atomic E-state index is 11.8. The molecule has 0 aliphatic heterocycles. The molecule has 0 bridgehead atoms. The summed E-state index contributed by atoms with van der Waals surface area (Å²) in [6, 6.07) is 7.45. The Labute approximate surface area is 114 Å². The molecule has 0 fully saturated rings. The Kier molecular flexibility index (Phi) is 6.36. The quantitative estimate of drug-likeness (QED) is 0.770. The van der Waals surface area contributed by atoms with Crippen molar-refractivity contribution in [1.82, 2.24) is 0 Å². The fraction of sp³-hybridized carbons (Fsp3) is 0.533. The maximum Gasteiger partial charge on any atom is 0.347 e. The monoisotopic (exact) mass is 265 g/mol. The molecule has 4 nitrogen and oxygen atoms in total. The first-order valence-corrected chi connectivity index (χ1v) is 6.77. The lowest BCUT2D eigenvalue weighted by molar-refractivity contribution is -0.151. The molecule has 0 amide bonds. The van der Waals surface area contributed by atoms with Crippen LogP contribution in [-0.2, 0) is 9.53 Å². The molecule has 1 aromatic rings. The van der Waals surface area contributed by atoms with Gasteiger partial charge in [-0.05, 0) is 38.0 Å². The van der Waals surface area contributed by atoms with Crippen molar-refractivity contribution in [1.29, 1.82) is 0 Å². The SMILES string of the molecule is CCCC(Oc1cccc(C(C)N)c1)C(=O)OCC. The molecule has 4 heteroatoms. The van der Waals surface area contributed by atoms with Gasteiger partial charge in [0.15, 0.2) is 6.10 Å². The van der Waals surface area contributed by atoms with Gasteiger partial charge in [0.1, 0.15) is 5.75 Å². The topological polar surface area (TPSA) is 61.5 Å². The molecule has 2 N–H and O–H groups in total. The standard InChI is InChI=1S/C15H23NO3/c1-4-7-14(15(17)18-5-2)19-13-9-6-8-12(10-13)11(3)16/h6,8-11,14H,4-5,7,16H2,1-3H3. The van der Waals surface area contributed by atoms with Crippen LogP contribution in [0.5, 0.6) is 5.75 Å². The van der Waals surface area contributed by atoms with E-state index < -0.39 is 6.10 Å². The van der Waals surface area contributed by atoms with Crippen molar-refractivity contribution in [3.05, 3.63) is 29.8 Å². The van der Waals surface area contributed by atoms with Gasteiger partial charge >= 0.3 is 5.97 Å². The molecule has 0 heterocycles. The summed E-state index contributed by atoms with van der Waals surface area (Å²) in [7, 11) is 0. The van der Waals surface area contributed by atoms with Gasteiger partial charge in [-0.1, -0.05) is 25.5 Å². The van der Waals surface area contributed by atoms with Gasteiger partial charge < -0.3 is 15.2 Å². The molecular formula is C15H23NO3. The number of benzene rings is 1. The second kappa shape index (κ2) is 7.79. The number of ether oxygens (including phenoxy) is 2. The van der Waals surface area contributed by atoms with Crippen molar-refractivity contribution in [2.75, 3.05) is 6.61 Å². The van der Waals surface area contributed by atoms with E-state index in [1.54, 1.807) is 6.92 Å². The van der Waals surface area contributed by atoms with Crippen molar-refractivity contribution in [2.24, 2.45) is 5.73 Å². The molecule has 0 aliphatic carbocycles. The van der Waals surface area contributed by atoms with Gasteiger partial charge in [0.25, 0.3) is 0 Å². The Balaban J connectivity index is 2.78.